The van der Waals surface area contributed by atoms with Crippen LogP contribution in [-0.4, -0.2) is 46.4 Å². The van der Waals surface area contributed by atoms with Crippen LogP contribution in [-0.2, 0) is 9.47 Å². The maximum absolute atomic E-state index is 12.4. The molecule has 0 saturated carbocycles. The minimum atomic E-state index is -0.445. The molecule has 26 heavy (non-hydrogen) atoms. The fraction of sp³-hybridized carbons (Fsp3) is 0.263. The highest BCUT2D eigenvalue weighted by molar-refractivity contribution is 6.04. The molecule has 1 amide bonds. The zero-order valence-corrected chi connectivity index (χ0v) is 14.9. The summed E-state index contributed by atoms with van der Waals surface area (Å²) in [5, 5.41) is 2.76. The average Bonchev–Trinajstić information content (AvgIpc) is 2.68. The molecule has 138 valence electrons. The Labute approximate surface area is 151 Å². The summed E-state index contributed by atoms with van der Waals surface area (Å²) in [6.07, 6.45) is 0. The summed E-state index contributed by atoms with van der Waals surface area (Å²) in [4.78, 5) is 24.2. The van der Waals surface area contributed by atoms with Gasteiger partial charge in [-0.1, -0.05) is 0 Å². The van der Waals surface area contributed by atoms with Crippen LogP contribution in [0, 0.1) is 0 Å². The summed E-state index contributed by atoms with van der Waals surface area (Å²) < 4.78 is 20.2. The van der Waals surface area contributed by atoms with E-state index in [4.69, 9.17) is 18.9 Å². The largest absolute Gasteiger partial charge is 0.493 e. The number of carbonyl (C=O) groups excluding carboxylic acids is 2. The minimum Gasteiger partial charge on any atom is -0.493 e. The Kier molecular flexibility index (Phi) is 6.99. The van der Waals surface area contributed by atoms with E-state index in [1.165, 1.54) is 21.3 Å². The van der Waals surface area contributed by atoms with Crippen molar-refractivity contribution in [1.29, 1.82) is 0 Å². The average molecular weight is 359 g/mol. The second-order valence-corrected chi connectivity index (χ2v) is 5.23. The summed E-state index contributed by atoms with van der Waals surface area (Å²) in [6.45, 7) is 0.526. The van der Waals surface area contributed by atoms with Crippen molar-refractivity contribution in [2.45, 2.75) is 0 Å². The predicted octanol–water partition coefficient (Wildman–Crippen LogP) is 2.76. The topological polar surface area (TPSA) is 83.1 Å². The Bertz CT molecular complexity index is 757. The van der Waals surface area contributed by atoms with Crippen LogP contribution < -0.4 is 14.8 Å². The molecular formula is C19H21NO6. The van der Waals surface area contributed by atoms with Gasteiger partial charge in [0.1, 0.15) is 6.61 Å². The van der Waals surface area contributed by atoms with Gasteiger partial charge in [0.2, 0.25) is 0 Å². The number of rotatable bonds is 8. The van der Waals surface area contributed by atoms with Crippen molar-refractivity contribution < 1.29 is 28.5 Å². The van der Waals surface area contributed by atoms with Crippen LogP contribution in [0.15, 0.2) is 42.5 Å². The first kappa shape index (κ1) is 19.3. The zero-order chi connectivity index (χ0) is 18.9. The van der Waals surface area contributed by atoms with Gasteiger partial charge in [-0.15, -0.1) is 0 Å². The smallest absolute Gasteiger partial charge is 0.338 e. The van der Waals surface area contributed by atoms with Crippen LogP contribution in [0.3, 0.4) is 0 Å². The van der Waals surface area contributed by atoms with E-state index >= 15 is 0 Å². The van der Waals surface area contributed by atoms with Crippen molar-refractivity contribution in [2.24, 2.45) is 0 Å². The van der Waals surface area contributed by atoms with Crippen molar-refractivity contribution in [1.82, 2.24) is 0 Å². The normalized spacial score (nSPS) is 10.1. The van der Waals surface area contributed by atoms with Gasteiger partial charge in [-0.3, -0.25) is 4.79 Å². The van der Waals surface area contributed by atoms with Gasteiger partial charge in [0, 0.05) is 18.4 Å². The minimum absolute atomic E-state index is 0.188. The lowest BCUT2D eigenvalue weighted by Crippen LogP contribution is -2.13. The lowest BCUT2D eigenvalue weighted by molar-refractivity contribution is 0.0388. The van der Waals surface area contributed by atoms with Gasteiger partial charge in [-0.25, -0.2) is 4.79 Å². The van der Waals surface area contributed by atoms with E-state index in [0.29, 0.717) is 34.9 Å². The van der Waals surface area contributed by atoms with Crippen molar-refractivity contribution in [3.63, 3.8) is 0 Å². The molecular weight excluding hydrogens is 338 g/mol. The molecule has 2 aromatic rings. The maximum Gasteiger partial charge on any atom is 0.338 e. The first-order valence-corrected chi connectivity index (χ1v) is 7.88. The Morgan fingerprint density at radius 2 is 1.50 bits per heavy atom. The Balaban J connectivity index is 2.02. The highest BCUT2D eigenvalue weighted by Crippen LogP contribution is 2.27. The molecule has 0 aromatic heterocycles. The number of carbonyl (C=O) groups is 2. The molecule has 0 spiro atoms. The van der Waals surface area contributed by atoms with Gasteiger partial charge < -0.3 is 24.3 Å². The number of nitrogens with one attached hydrogen (secondary N) is 1. The number of benzene rings is 2. The van der Waals surface area contributed by atoms with E-state index in [1.54, 1.807) is 42.5 Å². The Morgan fingerprint density at radius 1 is 0.846 bits per heavy atom. The molecule has 1 N–H and O–H groups in total. The van der Waals surface area contributed by atoms with E-state index in [0.717, 1.165) is 0 Å². The molecule has 0 aliphatic heterocycles. The van der Waals surface area contributed by atoms with E-state index in [-0.39, 0.29) is 12.5 Å². The van der Waals surface area contributed by atoms with E-state index in [2.05, 4.69) is 5.32 Å². The van der Waals surface area contributed by atoms with Crippen molar-refractivity contribution in [3.05, 3.63) is 53.6 Å². The number of hydrogen-bond acceptors (Lipinski definition) is 6. The van der Waals surface area contributed by atoms with Gasteiger partial charge in [0.25, 0.3) is 5.91 Å². The first-order chi connectivity index (χ1) is 12.6. The van der Waals surface area contributed by atoms with Crippen LogP contribution >= 0.6 is 0 Å². The summed E-state index contributed by atoms with van der Waals surface area (Å²) in [5.74, 6) is 0.260. The van der Waals surface area contributed by atoms with Gasteiger partial charge >= 0.3 is 5.97 Å². The van der Waals surface area contributed by atoms with Crippen molar-refractivity contribution in [2.75, 3.05) is 39.9 Å². The van der Waals surface area contributed by atoms with Gasteiger partial charge in [0.15, 0.2) is 11.5 Å². The SMILES string of the molecule is COCCOC(=O)c1ccc(NC(=O)c2ccc(OC)c(OC)c2)cc1. The standard InChI is InChI=1S/C19H21NO6/c1-23-10-11-26-19(22)13-4-7-15(8-5-13)20-18(21)14-6-9-16(24-2)17(12-14)25-3/h4-9,12H,10-11H2,1-3H3,(H,20,21). The molecule has 7 nitrogen and oxygen atoms in total. The number of esters is 1. The fourth-order valence-corrected chi connectivity index (χ4v) is 2.17. The molecule has 0 aliphatic rings. The number of amides is 1. The summed E-state index contributed by atoms with van der Waals surface area (Å²) in [5.41, 5.74) is 1.37. The number of anilines is 1. The quantitative estimate of drug-likeness (QED) is 0.576. The molecule has 2 aromatic carbocycles. The molecule has 2 rings (SSSR count). The highest BCUT2D eigenvalue weighted by Gasteiger charge is 2.12. The van der Waals surface area contributed by atoms with E-state index < -0.39 is 5.97 Å². The van der Waals surface area contributed by atoms with Gasteiger partial charge in [-0.05, 0) is 42.5 Å². The monoisotopic (exact) mass is 359 g/mol. The van der Waals surface area contributed by atoms with E-state index in [9.17, 15) is 9.59 Å². The third-order valence-corrected chi connectivity index (χ3v) is 3.54. The number of hydrogen-bond donors (Lipinski definition) is 1. The fourth-order valence-electron chi connectivity index (χ4n) is 2.17. The molecule has 7 heteroatoms. The van der Waals surface area contributed by atoms with Crippen molar-refractivity contribution in [3.8, 4) is 11.5 Å². The molecule has 0 bridgehead atoms. The molecule has 0 atom stereocenters. The summed E-state index contributed by atoms with van der Waals surface area (Å²) >= 11 is 0. The molecule has 0 saturated heterocycles. The van der Waals surface area contributed by atoms with Gasteiger partial charge in [-0.2, -0.15) is 0 Å². The third-order valence-electron chi connectivity index (χ3n) is 3.54. The second kappa shape index (κ2) is 9.43. The number of ether oxygens (including phenoxy) is 4. The molecule has 0 radical (unpaired) electrons. The van der Waals surface area contributed by atoms with Crippen molar-refractivity contribution >= 4 is 17.6 Å². The predicted molar refractivity (Wildman–Crippen MR) is 96.1 cm³/mol. The number of methoxy groups -OCH3 is 3. The Hall–Kier alpha value is -3.06. The van der Waals surface area contributed by atoms with Crippen LogP contribution in [0.5, 0.6) is 11.5 Å². The zero-order valence-electron chi connectivity index (χ0n) is 14.9. The molecule has 0 unspecified atom stereocenters. The van der Waals surface area contributed by atoms with Gasteiger partial charge in [0.05, 0.1) is 26.4 Å². The Morgan fingerprint density at radius 3 is 2.12 bits per heavy atom. The molecule has 0 aliphatic carbocycles. The van der Waals surface area contributed by atoms with E-state index in [1.807, 2.05) is 0 Å². The van der Waals surface area contributed by atoms with Crippen LogP contribution in [0.2, 0.25) is 0 Å². The van der Waals surface area contributed by atoms with Crippen LogP contribution in [0.25, 0.3) is 0 Å². The molecule has 0 fully saturated rings. The maximum atomic E-state index is 12.4. The lowest BCUT2D eigenvalue weighted by atomic mass is 10.1. The summed E-state index contributed by atoms with van der Waals surface area (Å²) in [6, 6.07) is 11.3. The second-order valence-electron chi connectivity index (χ2n) is 5.23. The third kappa shape index (κ3) is 4.97. The highest BCUT2D eigenvalue weighted by atomic mass is 16.6. The first-order valence-electron chi connectivity index (χ1n) is 7.88. The van der Waals surface area contributed by atoms with Crippen LogP contribution in [0.4, 0.5) is 5.69 Å². The summed E-state index contributed by atoms with van der Waals surface area (Å²) in [7, 11) is 4.56. The molecule has 0 heterocycles. The van der Waals surface area contributed by atoms with Crippen LogP contribution in [0.1, 0.15) is 20.7 Å². The lowest BCUT2D eigenvalue weighted by Gasteiger charge is -2.10.